The molecule has 0 radical (unpaired) electrons. The Morgan fingerprint density at radius 3 is 2.63 bits per heavy atom. The summed E-state index contributed by atoms with van der Waals surface area (Å²) in [4.78, 5) is 24.8. The molecule has 3 N–H and O–H groups in total. The summed E-state index contributed by atoms with van der Waals surface area (Å²) in [6.07, 6.45) is 1.03. The molecule has 7 heteroatoms. The number of amides is 2. The third-order valence-corrected chi connectivity index (χ3v) is 4.85. The predicted octanol–water partition coefficient (Wildman–Crippen LogP) is 3.75. The normalized spacial score (nSPS) is 19.1. The van der Waals surface area contributed by atoms with Crippen LogP contribution in [0.3, 0.4) is 0 Å². The second-order valence-electron chi connectivity index (χ2n) is 6.57. The van der Waals surface area contributed by atoms with Crippen LogP contribution in [0.25, 0.3) is 0 Å². The maximum Gasteiger partial charge on any atom is 0.264 e. The lowest BCUT2D eigenvalue weighted by Gasteiger charge is -2.24. The van der Waals surface area contributed by atoms with Crippen LogP contribution in [0.5, 0.6) is 0 Å². The molecule has 2 aromatic carbocycles. The predicted molar refractivity (Wildman–Crippen MR) is 101 cm³/mol. The third kappa shape index (κ3) is 3.95. The zero-order valence-corrected chi connectivity index (χ0v) is 15.3. The first kappa shape index (κ1) is 18.9. The minimum absolute atomic E-state index is 0.00585. The molecule has 0 aromatic heterocycles. The van der Waals surface area contributed by atoms with E-state index in [1.165, 1.54) is 6.07 Å². The van der Waals surface area contributed by atoms with E-state index in [1.54, 1.807) is 6.92 Å². The monoisotopic (exact) mass is 388 g/mol. The number of benzene rings is 2. The van der Waals surface area contributed by atoms with E-state index in [-0.39, 0.29) is 22.0 Å². The Morgan fingerprint density at radius 1 is 1.26 bits per heavy atom. The smallest absolute Gasteiger partial charge is 0.264 e. The summed E-state index contributed by atoms with van der Waals surface area (Å²) < 4.78 is 13.1. The second-order valence-corrected chi connectivity index (χ2v) is 6.98. The van der Waals surface area contributed by atoms with Crippen molar-refractivity contribution in [3.05, 3.63) is 76.3 Å². The van der Waals surface area contributed by atoms with Crippen molar-refractivity contribution in [3.8, 4) is 0 Å². The molecule has 0 fully saturated rings. The maximum atomic E-state index is 13.1. The van der Waals surface area contributed by atoms with E-state index >= 15 is 0 Å². The Labute approximate surface area is 160 Å². The molecule has 1 unspecified atom stereocenters. The van der Waals surface area contributed by atoms with Crippen LogP contribution in [-0.4, -0.2) is 22.5 Å². The van der Waals surface area contributed by atoms with E-state index in [1.807, 2.05) is 30.3 Å². The van der Waals surface area contributed by atoms with Crippen LogP contribution < -0.4 is 10.6 Å². The SMILES string of the molecule is CC1(CCc2ccccc2)NC(=O)C(C(=O)Nc2ccc(F)cc2Cl)=C1O. The topological polar surface area (TPSA) is 78.4 Å². The first-order valence-electron chi connectivity index (χ1n) is 8.37. The number of aryl methyl sites for hydroxylation is 1. The van der Waals surface area contributed by atoms with Gasteiger partial charge in [0.25, 0.3) is 11.8 Å². The number of aliphatic hydroxyl groups is 1. The summed E-state index contributed by atoms with van der Waals surface area (Å²) in [6, 6.07) is 13.1. The van der Waals surface area contributed by atoms with E-state index in [0.29, 0.717) is 12.8 Å². The van der Waals surface area contributed by atoms with Crippen molar-refractivity contribution in [1.82, 2.24) is 5.32 Å². The molecule has 0 aliphatic carbocycles. The Balaban J connectivity index is 1.79. The molecular weight excluding hydrogens is 371 g/mol. The van der Waals surface area contributed by atoms with Gasteiger partial charge >= 0.3 is 0 Å². The number of carbonyl (C=O) groups excluding carboxylic acids is 2. The van der Waals surface area contributed by atoms with Crippen LogP contribution in [0.2, 0.25) is 5.02 Å². The zero-order chi connectivity index (χ0) is 19.6. The fourth-order valence-electron chi connectivity index (χ4n) is 2.96. The van der Waals surface area contributed by atoms with E-state index in [2.05, 4.69) is 10.6 Å². The minimum Gasteiger partial charge on any atom is -0.509 e. The van der Waals surface area contributed by atoms with Gasteiger partial charge in [0.05, 0.1) is 16.2 Å². The highest BCUT2D eigenvalue weighted by molar-refractivity contribution is 6.34. The van der Waals surface area contributed by atoms with Crippen molar-refractivity contribution >= 4 is 29.1 Å². The molecule has 0 saturated heterocycles. The molecule has 0 spiro atoms. The van der Waals surface area contributed by atoms with Gasteiger partial charge in [-0.25, -0.2) is 4.39 Å². The number of rotatable bonds is 5. The summed E-state index contributed by atoms with van der Waals surface area (Å²) in [7, 11) is 0. The molecule has 1 heterocycles. The number of carbonyl (C=O) groups is 2. The van der Waals surface area contributed by atoms with Gasteiger partial charge in [0, 0.05) is 0 Å². The molecule has 1 aliphatic heterocycles. The molecule has 0 saturated carbocycles. The van der Waals surface area contributed by atoms with Crippen molar-refractivity contribution in [2.24, 2.45) is 0 Å². The van der Waals surface area contributed by atoms with Gasteiger partial charge < -0.3 is 15.7 Å². The van der Waals surface area contributed by atoms with Crippen LogP contribution >= 0.6 is 11.6 Å². The third-order valence-electron chi connectivity index (χ3n) is 4.54. The van der Waals surface area contributed by atoms with Gasteiger partial charge in [-0.15, -0.1) is 0 Å². The first-order chi connectivity index (χ1) is 12.8. The van der Waals surface area contributed by atoms with Crippen LogP contribution in [0.4, 0.5) is 10.1 Å². The van der Waals surface area contributed by atoms with Crippen molar-refractivity contribution in [2.45, 2.75) is 25.3 Å². The highest BCUT2D eigenvalue weighted by Gasteiger charge is 2.44. The van der Waals surface area contributed by atoms with Gasteiger partial charge in [-0.3, -0.25) is 9.59 Å². The summed E-state index contributed by atoms with van der Waals surface area (Å²) in [5, 5.41) is 15.7. The number of hydrogen-bond donors (Lipinski definition) is 3. The highest BCUT2D eigenvalue weighted by Crippen LogP contribution is 2.31. The lowest BCUT2D eigenvalue weighted by molar-refractivity contribution is -0.121. The lowest BCUT2D eigenvalue weighted by Crippen LogP contribution is -2.42. The fraction of sp³-hybridized carbons (Fsp3) is 0.200. The number of aliphatic hydroxyl groups excluding tert-OH is 1. The van der Waals surface area contributed by atoms with Gasteiger partial charge in [0.1, 0.15) is 17.1 Å². The summed E-state index contributed by atoms with van der Waals surface area (Å²) in [5.74, 6) is -2.34. The van der Waals surface area contributed by atoms with Crippen molar-refractivity contribution in [1.29, 1.82) is 0 Å². The van der Waals surface area contributed by atoms with E-state index in [9.17, 15) is 19.1 Å². The van der Waals surface area contributed by atoms with Crippen molar-refractivity contribution in [2.75, 3.05) is 5.32 Å². The quantitative estimate of drug-likeness (QED) is 0.682. The molecule has 0 bridgehead atoms. The van der Waals surface area contributed by atoms with Gasteiger partial charge in [-0.2, -0.15) is 0 Å². The molecule has 140 valence electrons. The van der Waals surface area contributed by atoms with Crippen LogP contribution in [0, 0.1) is 5.82 Å². The van der Waals surface area contributed by atoms with Gasteiger partial charge in [0.2, 0.25) is 0 Å². The molecule has 1 aliphatic rings. The number of halogens is 2. The summed E-state index contributed by atoms with van der Waals surface area (Å²) in [5.41, 5.74) is -0.219. The molecule has 3 rings (SSSR count). The van der Waals surface area contributed by atoms with Gasteiger partial charge in [0.15, 0.2) is 0 Å². The largest absolute Gasteiger partial charge is 0.509 e. The van der Waals surface area contributed by atoms with Crippen molar-refractivity contribution < 1.29 is 19.1 Å². The Hall–Kier alpha value is -2.86. The average molecular weight is 389 g/mol. The molecular formula is C20H18ClFN2O3. The maximum absolute atomic E-state index is 13.1. The van der Waals surface area contributed by atoms with Crippen LogP contribution in [-0.2, 0) is 16.0 Å². The molecule has 2 amide bonds. The van der Waals surface area contributed by atoms with Crippen LogP contribution in [0.1, 0.15) is 18.9 Å². The van der Waals surface area contributed by atoms with E-state index < -0.39 is 23.2 Å². The standard InChI is InChI=1S/C20H18ClFN2O3/c1-20(10-9-12-5-3-2-4-6-12)17(25)16(19(27)24-20)18(26)23-15-8-7-13(22)11-14(15)21/h2-8,11,25H,9-10H2,1H3,(H,23,26)(H,24,27). The minimum atomic E-state index is -1.05. The fourth-order valence-corrected chi connectivity index (χ4v) is 3.18. The molecule has 5 nitrogen and oxygen atoms in total. The number of hydrogen-bond acceptors (Lipinski definition) is 3. The highest BCUT2D eigenvalue weighted by atomic mass is 35.5. The Morgan fingerprint density at radius 2 is 1.96 bits per heavy atom. The summed E-state index contributed by atoms with van der Waals surface area (Å²) >= 11 is 5.89. The Bertz CT molecular complexity index is 930. The zero-order valence-electron chi connectivity index (χ0n) is 14.6. The molecule has 27 heavy (non-hydrogen) atoms. The summed E-state index contributed by atoms with van der Waals surface area (Å²) in [6.45, 7) is 1.66. The first-order valence-corrected chi connectivity index (χ1v) is 8.74. The lowest BCUT2D eigenvalue weighted by atomic mass is 9.92. The average Bonchev–Trinajstić information content (AvgIpc) is 2.86. The molecule has 1 atom stereocenters. The van der Waals surface area contributed by atoms with Gasteiger partial charge in [-0.05, 0) is 43.5 Å². The number of nitrogens with one attached hydrogen (secondary N) is 2. The van der Waals surface area contributed by atoms with Crippen molar-refractivity contribution in [3.63, 3.8) is 0 Å². The number of anilines is 1. The van der Waals surface area contributed by atoms with E-state index in [0.717, 1.165) is 17.7 Å². The van der Waals surface area contributed by atoms with E-state index in [4.69, 9.17) is 11.6 Å². The second kappa shape index (κ2) is 7.40. The van der Waals surface area contributed by atoms with Crippen LogP contribution in [0.15, 0.2) is 59.9 Å². The molecule has 2 aromatic rings. The van der Waals surface area contributed by atoms with Gasteiger partial charge in [-0.1, -0.05) is 41.9 Å². The Kier molecular flexibility index (Phi) is 5.19.